The summed E-state index contributed by atoms with van der Waals surface area (Å²) in [7, 11) is 1.62. The van der Waals surface area contributed by atoms with Crippen molar-refractivity contribution < 1.29 is 9.53 Å². The van der Waals surface area contributed by atoms with Gasteiger partial charge in [-0.3, -0.25) is 4.79 Å². The van der Waals surface area contributed by atoms with Crippen LogP contribution in [0.4, 0.5) is 5.69 Å². The maximum atomic E-state index is 13.0. The SMILES string of the molecule is CCCn1c(C)c(C(=O)Nc2ccc(C#N)cc2)c2cc(OC)ccc21. The molecule has 2 aromatic carbocycles. The molecule has 0 spiro atoms. The first-order valence-corrected chi connectivity index (χ1v) is 8.57. The van der Waals surface area contributed by atoms with E-state index in [4.69, 9.17) is 10.00 Å². The molecule has 0 unspecified atom stereocenters. The smallest absolute Gasteiger partial charge is 0.258 e. The summed E-state index contributed by atoms with van der Waals surface area (Å²) in [6, 6.07) is 14.7. The molecule has 5 heteroatoms. The Morgan fingerprint density at radius 2 is 1.96 bits per heavy atom. The van der Waals surface area contributed by atoms with Crippen molar-refractivity contribution in [1.82, 2.24) is 4.57 Å². The van der Waals surface area contributed by atoms with Crippen LogP contribution in [0.2, 0.25) is 0 Å². The van der Waals surface area contributed by atoms with Crippen LogP contribution in [0.25, 0.3) is 10.9 Å². The van der Waals surface area contributed by atoms with Gasteiger partial charge in [0, 0.05) is 28.8 Å². The van der Waals surface area contributed by atoms with E-state index in [-0.39, 0.29) is 5.91 Å². The molecule has 0 aliphatic carbocycles. The molecule has 0 saturated carbocycles. The van der Waals surface area contributed by atoms with E-state index in [0.717, 1.165) is 35.3 Å². The van der Waals surface area contributed by atoms with Gasteiger partial charge < -0.3 is 14.6 Å². The highest BCUT2D eigenvalue weighted by Gasteiger charge is 2.20. The number of aromatic nitrogens is 1. The van der Waals surface area contributed by atoms with Crippen LogP contribution in [0, 0.1) is 18.3 Å². The van der Waals surface area contributed by atoms with Gasteiger partial charge in [-0.25, -0.2) is 0 Å². The van der Waals surface area contributed by atoms with Crippen LogP contribution in [-0.4, -0.2) is 17.6 Å². The normalized spacial score (nSPS) is 10.5. The summed E-state index contributed by atoms with van der Waals surface area (Å²) in [5.41, 5.74) is 3.82. The van der Waals surface area contributed by atoms with Gasteiger partial charge >= 0.3 is 0 Å². The van der Waals surface area contributed by atoms with Crippen LogP contribution >= 0.6 is 0 Å². The molecule has 5 nitrogen and oxygen atoms in total. The third kappa shape index (κ3) is 3.14. The molecule has 0 saturated heterocycles. The van der Waals surface area contributed by atoms with E-state index >= 15 is 0 Å². The number of hydrogen-bond acceptors (Lipinski definition) is 3. The van der Waals surface area contributed by atoms with Crippen molar-refractivity contribution in [2.24, 2.45) is 0 Å². The van der Waals surface area contributed by atoms with Crippen molar-refractivity contribution in [2.45, 2.75) is 26.8 Å². The molecule has 0 atom stereocenters. The van der Waals surface area contributed by atoms with Gasteiger partial charge in [0.2, 0.25) is 0 Å². The topological polar surface area (TPSA) is 67.0 Å². The summed E-state index contributed by atoms with van der Waals surface area (Å²) in [6.45, 7) is 4.93. The number of hydrogen-bond donors (Lipinski definition) is 1. The average molecular weight is 347 g/mol. The number of carbonyl (C=O) groups excluding carboxylic acids is 1. The summed E-state index contributed by atoms with van der Waals surface area (Å²) in [5.74, 6) is 0.555. The molecule has 0 aliphatic rings. The number of ether oxygens (including phenoxy) is 1. The van der Waals surface area contributed by atoms with Gasteiger partial charge in [0.05, 0.1) is 24.3 Å². The number of rotatable bonds is 5. The Morgan fingerprint density at radius 3 is 2.58 bits per heavy atom. The van der Waals surface area contributed by atoms with Gasteiger partial charge in [-0.1, -0.05) is 6.92 Å². The number of nitrogens with one attached hydrogen (secondary N) is 1. The first-order valence-electron chi connectivity index (χ1n) is 8.57. The van der Waals surface area contributed by atoms with Gasteiger partial charge in [0.15, 0.2) is 0 Å². The predicted octanol–water partition coefficient (Wildman–Crippen LogP) is 4.49. The van der Waals surface area contributed by atoms with Crippen molar-refractivity contribution in [3.05, 3.63) is 59.3 Å². The lowest BCUT2D eigenvalue weighted by Crippen LogP contribution is -2.13. The van der Waals surface area contributed by atoms with Crippen LogP contribution in [0.15, 0.2) is 42.5 Å². The fourth-order valence-electron chi connectivity index (χ4n) is 3.21. The van der Waals surface area contributed by atoms with Crippen LogP contribution < -0.4 is 10.1 Å². The molecule has 132 valence electrons. The Hall–Kier alpha value is -3.26. The minimum absolute atomic E-state index is 0.166. The van der Waals surface area contributed by atoms with Crippen molar-refractivity contribution in [1.29, 1.82) is 5.26 Å². The van der Waals surface area contributed by atoms with Crippen molar-refractivity contribution in [3.63, 3.8) is 0 Å². The molecule has 26 heavy (non-hydrogen) atoms. The van der Waals surface area contributed by atoms with Gasteiger partial charge in [-0.2, -0.15) is 5.26 Å². The lowest BCUT2D eigenvalue weighted by Gasteiger charge is -2.08. The highest BCUT2D eigenvalue weighted by atomic mass is 16.5. The minimum Gasteiger partial charge on any atom is -0.497 e. The molecule has 3 rings (SSSR count). The molecule has 0 bridgehead atoms. The third-order valence-electron chi connectivity index (χ3n) is 4.48. The molecule has 0 fully saturated rings. The number of anilines is 1. The zero-order valence-corrected chi connectivity index (χ0v) is 15.2. The number of nitrogens with zero attached hydrogens (tertiary/aromatic N) is 2. The Balaban J connectivity index is 2.05. The van der Waals surface area contributed by atoms with Crippen molar-refractivity contribution >= 4 is 22.5 Å². The average Bonchev–Trinajstić information content (AvgIpc) is 2.93. The van der Waals surface area contributed by atoms with Gasteiger partial charge in [-0.15, -0.1) is 0 Å². The van der Waals surface area contributed by atoms with Crippen molar-refractivity contribution in [2.75, 3.05) is 12.4 Å². The highest BCUT2D eigenvalue weighted by molar-refractivity contribution is 6.14. The van der Waals surface area contributed by atoms with E-state index in [1.165, 1.54) is 0 Å². The molecule has 0 aliphatic heterocycles. The number of benzene rings is 2. The van der Waals surface area contributed by atoms with Crippen LogP contribution in [0.1, 0.15) is 35.0 Å². The number of aryl methyl sites for hydroxylation is 1. The largest absolute Gasteiger partial charge is 0.497 e. The summed E-state index contributed by atoms with van der Waals surface area (Å²) >= 11 is 0. The van der Waals surface area contributed by atoms with E-state index in [2.05, 4.69) is 22.9 Å². The van der Waals surface area contributed by atoms with E-state index in [1.807, 2.05) is 25.1 Å². The first kappa shape index (κ1) is 17.6. The fraction of sp³-hybridized carbons (Fsp3) is 0.238. The fourth-order valence-corrected chi connectivity index (χ4v) is 3.21. The highest BCUT2D eigenvalue weighted by Crippen LogP contribution is 2.30. The van der Waals surface area contributed by atoms with Crippen molar-refractivity contribution in [3.8, 4) is 11.8 Å². The number of methoxy groups -OCH3 is 1. The number of amides is 1. The van der Waals surface area contributed by atoms with Gasteiger partial charge in [-0.05, 0) is 55.8 Å². The Morgan fingerprint density at radius 1 is 1.23 bits per heavy atom. The van der Waals surface area contributed by atoms with E-state index < -0.39 is 0 Å². The summed E-state index contributed by atoms with van der Waals surface area (Å²) in [6.07, 6.45) is 0.979. The predicted molar refractivity (Wildman–Crippen MR) is 103 cm³/mol. The Kier molecular flexibility index (Phi) is 4.94. The Labute approximate surface area is 152 Å². The quantitative estimate of drug-likeness (QED) is 0.739. The zero-order chi connectivity index (χ0) is 18.7. The molecule has 1 heterocycles. The van der Waals surface area contributed by atoms with Gasteiger partial charge in [0.25, 0.3) is 5.91 Å². The van der Waals surface area contributed by atoms with Crippen LogP contribution in [0.5, 0.6) is 5.75 Å². The number of carbonyl (C=O) groups is 1. The molecule has 1 amide bonds. The molecule has 1 aromatic heterocycles. The summed E-state index contributed by atoms with van der Waals surface area (Å²) in [4.78, 5) is 13.0. The van der Waals surface area contributed by atoms with Crippen LogP contribution in [0.3, 0.4) is 0 Å². The van der Waals surface area contributed by atoms with E-state index in [0.29, 0.717) is 16.8 Å². The molecular weight excluding hydrogens is 326 g/mol. The third-order valence-corrected chi connectivity index (χ3v) is 4.48. The van der Waals surface area contributed by atoms with Crippen LogP contribution in [-0.2, 0) is 6.54 Å². The monoisotopic (exact) mass is 347 g/mol. The maximum Gasteiger partial charge on any atom is 0.258 e. The Bertz CT molecular complexity index is 995. The second-order valence-electron chi connectivity index (χ2n) is 6.14. The molecule has 0 radical (unpaired) electrons. The molecular formula is C21H21N3O2. The number of fused-ring (bicyclic) bond motifs is 1. The summed E-state index contributed by atoms with van der Waals surface area (Å²) in [5, 5.41) is 12.7. The minimum atomic E-state index is -0.166. The summed E-state index contributed by atoms with van der Waals surface area (Å²) < 4.78 is 7.51. The lowest BCUT2D eigenvalue weighted by atomic mass is 10.1. The standard InChI is InChI=1S/C21H21N3O2/c1-4-11-24-14(2)20(18-12-17(26-3)9-10-19(18)24)21(25)23-16-7-5-15(13-22)6-8-16/h5-10,12H,4,11H2,1-3H3,(H,23,25). The lowest BCUT2D eigenvalue weighted by molar-refractivity contribution is 0.102. The maximum absolute atomic E-state index is 13.0. The van der Waals surface area contributed by atoms with Gasteiger partial charge in [0.1, 0.15) is 5.75 Å². The number of nitriles is 1. The second kappa shape index (κ2) is 7.32. The molecule has 3 aromatic rings. The molecule has 1 N–H and O–H groups in total. The van der Waals surface area contributed by atoms with E-state index in [1.54, 1.807) is 31.4 Å². The first-order chi connectivity index (χ1) is 12.6. The zero-order valence-electron chi connectivity index (χ0n) is 15.2. The second-order valence-corrected chi connectivity index (χ2v) is 6.14. The van der Waals surface area contributed by atoms with E-state index in [9.17, 15) is 4.79 Å².